The van der Waals surface area contributed by atoms with Crippen molar-refractivity contribution >= 4 is 5.91 Å². The predicted octanol–water partition coefficient (Wildman–Crippen LogP) is 2.19. The Hall–Kier alpha value is -3.09. The van der Waals surface area contributed by atoms with E-state index in [0.29, 0.717) is 17.1 Å². The molecule has 7 nitrogen and oxygen atoms in total. The van der Waals surface area contributed by atoms with Crippen LogP contribution in [0.4, 0.5) is 0 Å². The Morgan fingerprint density at radius 2 is 1.91 bits per heavy atom. The number of amides is 1. The van der Waals surface area contributed by atoms with Crippen LogP contribution in [0.5, 0.6) is 0 Å². The highest BCUT2D eigenvalue weighted by atomic mass is 16.5. The Morgan fingerprint density at radius 1 is 1.13 bits per heavy atom. The molecule has 2 aromatic heterocycles. The molecule has 0 saturated heterocycles. The number of carbonyl (C=O) groups is 1. The van der Waals surface area contributed by atoms with Gasteiger partial charge in [-0.2, -0.15) is 10.1 Å². The molecule has 3 rings (SSSR count). The molecule has 0 radical (unpaired) electrons. The van der Waals surface area contributed by atoms with Gasteiger partial charge in [-0.15, -0.1) is 5.10 Å². The number of aromatic nitrogens is 4. The molecule has 23 heavy (non-hydrogen) atoms. The normalized spacial score (nSPS) is 11.2. The fourth-order valence-corrected chi connectivity index (χ4v) is 2.00. The quantitative estimate of drug-likeness (QED) is 0.794. The Bertz CT molecular complexity index is 800. The zero-order valence-corrected chi connectivity index (χ0v) is 12.7. The van der Waals surface area contributed by atoms with Crippen LogP contribution < -0.4 is 5.32 Å². The van der Waals surface area contributed by atoms with E-state index >= 15 is 0 Å². The van der Waals surface area contributed by atoms with Crippen LogP contribution >= 0.6 is 0 Å². The molecular weight excluding hydrogens is 294 g/mol. The monoisotopic (exact) mass is 309 g/mol. The lowest BCUT2D eigenvalue weighted by molar-refractivity contribution is 0.0907. The lowest BCUT2D eigenvalue weighted by atomic mass is 10.0. The number of nitrogens with one attached hydrogen (secondary N) is 1. The molecular formula is C16H15N5O2. The average molecular weight is 309 g/mol. The smallest absolute Gasteiger partial charge is 0.278 e. The Labute approximate surface area is 132 Å². The van der Waals surface area contributed by atoms with Crippen LogP contribution in [-0.4, -0.2) is 26.2 Å². The summed E-state index contributed by atoms with van der Waals surface area (Å²) in [5, 5.41) is 14.5. The van der Waals surface area contributed by atoms with Gasteiger partial charge in [-0.3, -0.25) is 4.79 Å². The Kier molecular flexibility index (Phi) is 3.84. The number of carbonyl (C=O) groups excluding carboxylic acids is 1. The van der Waals surface area contributed by atoms with Crippen LogP contribution in [0.15, 0.2) is 53.2 Å². The predicted molar refractivity (Wildman–Crippen MR) is 82.3 cm³/mol. The summed E-state index contributed by atoms with van der Waals surface area (Å²) in [6.07, 6.45) is 1.56. The van der Waals surface area contributed by atoms with Crippen molar-refractivity contribution in [3.63, 3.8) is 0 Å². The third kappa shape index (κ3) is 3.23. The van der Waals surface area contributed by atoms with Gasteiger partial charge >= 0.3 is 0 Å². The van der Waals surface area contributed by atoms with Gasteiger partial charge in [0.2, 0.25) is 0 Å². The van der Waals surface area contributed by atoms with Crippen LogP contribution in [0, 0.1) is 0 Å². The summed E-state index contributed by atoms with van der Waals surface area (Å²) in [7, 11) is 0. The van der Waals surface area contributed by atoms with Crippen LogP contribution in [0.25, 0.3) is 11.6 Å². The number of hydrogen-bond donors (Lipinski definition) is 1. The molecule has 1 N–H and O–H groups in total. The summed E-state index contributed by atoms with van der Waals surface area (Å²) < 4.78 is 5.21. The van der Waals surface area contributed by atoms with Gasteiger partial charge in [0.15, 0.2) is 11.5 Å². The minimum atomic E-state index is -0.795. The van der Waals surface area contributed by atoms with Gasteiger partial charge in [0.05, 0.1) is 5.54 Å². The van der Waals surface area contributed by atoms with Crippen LogP contribution in [0.2, 0.25) is 0 Å². The van der Waals surface area contributed by atoms with Gasteiger partial charge in [-0.1, -0.05) is 23.4 Å². The van der Waals surface area contributed by atoms with Crippen molar-refractivity contribution in [2.45, 2.75) is 19.4 Å². The van der Waals surface area contributed by atoms with Crippen molar-refractivity contribution < 1.29 is 9.32 Å². The number of hydrogen-bond acceptors (Lipinski definition) is 6. The van der Waals surface area contributed by atoms with E-state index < -0.39 is 5.54 Å². The maximum absolute atomic E-state index is 12.3. The van der Waals surface area contributed by atoms with Crippen molar-refractivity contribution in [1.29, 1.82) is 0 Å². The SMILES string of the molecule is CC(C)(NC(=O)c1ccccc1)c1noc(-c2cccnn2)n1. The van der Waals surface area contributed by atoms with Gasteiger partial charge in [0.25, 0.3) is 11.8 Å². The van der Waals surface area contributed by atoms with Crippen molar-refractivity contribution in [2.24, 2.45) is 0 Å². The highest BCUT2D eigenvalue weighted by Crippen LogP contribution is 2.21. The molecule has 1 aromatic carbocycles. The number of benzene rings is 1. The van der Waals surface area contributed by atoms with Crippen LogP contribution in [-0.2, 0) is 5.54 Å². The molecule has 7 heteroatoms. The molecule has 0 bridgehead atoms. The zero-order valence-electron chi connectivity index (χ0n) is 12.7. The molecule has 3 aromatic rings. The second-order valence-corrected chi connectivity index (χ2v) is 5.48. The van der Waals surface area contributed by atoms with E-state index in [2.05, 4.69) is 25.7 Å². The van der Waals surface area contributed by atoms with Crippen molar-refractivity contribution in [3.05, 3.63) is 60.0 Å². The molecule has 0 aliphatic heterocycles. The van der Waals surface area contributed by atoms with E-state index in [1.807, 2.05) is 18.2 Å². The number of nitrogens with zero attached hydrogens (tertiary/aromatic N) is 4. The number of rotatable bonds is 4. The molecule has 0 fully saturated rings. The fourth-order valence-electron chi connectivity index (χ4n) is 2.00. The highest BCUT2D eigenvalue weighted by Gasteiger charge is 2.29. The molecule has 0 saturated carbocycles. The van der Waals surface area contributed by atoms with Crippen LogP contribution in [0.1, 0.15) is 30.0 Å². The summed E-state index contributed by atoms with van der Waals surface area (Å²) in [5.41, 5.74) is 0.256. The van der Waals surface area contributed by atoms with Crippen molar-refractivity contribution in [3.8, 4) is 11.6 Å². The second kappa shape index (κ2) is 5.96. The highest BCUT2D eigenvalue weighted by molar-refractivity contribution is 5.94. The van der Waals surface area contributed by atoms with E-state index in [1.165, 1.54) is 0 Å². The minimum absolute atomic E-state index is 0.207. The third-order valence-electron chi connectivity index (χ3n) is 3.24. The first kappa shape index (κ1) is 14.8. The molecule has 2 heterocycles. The molecule has 0 atom stereocenters. The standard InChI is InChI=1S/C16H15N5O2/c1-16(2,19-13(22)11-7-4-3-5-8-11)15-18-14(23-21-15)12-9-6-10-17-20-12/h3-10H,1-2H3,(H,19,22). The Balaban J connectivity index is 1.80. The Morgan fingerprint density at radius 3 is 2.61 bits per heavy atom. The van der Waals surface area contributed by atoms with Gasteiger partial charge < -0.3 is 9.84 Å². The molecule has 0 spiro atoms. The van der Waals surface area contributed by atoms with Crippen molar-refractivity contribution in [2.75, 3.05) is 0 Å². The molecule has 116 valence electrons. The molecule has 1 amide bonds. The zero-order chi connectivity index (χ0) is 16.3. The van der Waals surface area contributed by atoms with E-state index in [9.17, 15) is 4.79 Å². The average Bonchev–Trinajstić information content (AvgIpc) is 3.07. The summed E-state index contributed by atoms with van der Waals surface area (Å²) >= 11 is 0. The topological polar surface area (TPSA) is 93.8 Å². The van der Waals surface area contributed by atoms with E-state index in [-0.39, 0.29) is 11.8 Å². The maximum Gasteiger partial charge on any atom is 0.278 e. The second-order valence-electron chi connectivity index (χ2n) is 5.48. The molecule has 0 unspecified atom stereocenters. The third-order valence-corrected chi connectivity index (χ3v) is 3.24. The fraction of sp³-hybridized carbons (Fsp3) is 0.188. The molecule has 0 aliphatic rings. The maximum atomic E-state index is 12.3. The summed E-state index contributed by atoms with van der Waals surface area (Å²) in [5.74, 6) is 0.416. The van der Waals surface area contributed by atoms with Gasteiger partial charge in [-0.25, -0.2) is 0 Å². The van der Waals surface area contributed by atoms with E-state index in [1.54, 1.807) is 44.3 Å². The summed E-state index contributed by atoms with van der Waals surface area (Å²) in [4.78, 5) is 16.6. The lowest BCUT2D eigenvalue weighted by Crippen LogP contribution is -2.41. The summed E-state index contributed by atoms with van der Waals surface area (Å²) in [6, 6.07) is 12.4. The lowest BCUT2D eigenvalue weighted by Gasteiger charge is -2.22. The first-order chi connectivity index (χ1) is 11.1. The van der Waals surface area contributed by atoms with Gasteiger partial charge in [0.1, 0.15) is 0 Å². The van der Waals surface area contributed by atoms with Crippen LogP contribution in [0.3, 0.4) is 0 Å². The van der Waals surface area contributed by atoms with E-state index in [0.717, 1.165) is 0 Å². The molecule has 0 aliphatic carbocycles. The first-order valence-corrected chi connectivity index (χ1v) is 7.06. The summed E-state index contributed by atoms with van der Waals surface area (Å²) in [6.45, 7) is 3.61. The largest absolute Gasteiger partial charge is 0.340 e. The van der Waals surface area contributed by atoms with E-state index in [4.69, 9.17) is 4.52 Å². The first-order valence-electron chi connectivity index (χ1n) is 7.06. The van der Waals surface area contributed by atoms with Gasteiger partial charge in [0, 0.05) is 11.8 Å². The minimum Gasteiger partial charge on any atom is -0.340 e. The van der Waals surface area contributed by atoms with Gasteiger partial charge in [-0.05, 0) is 38.1 Å². The van der Waals surface area contributed by atoms with Crippen molar-refractivity contribution in [1.82, 2.24) is 25.7 Å².